The van der Waals surface area contributed by atoms with Crippen LogP contribution < -0.4 is 16.6 Å². The Kier molecular flexibility index (Phi) is 4.26. The van der Waals surface area contributed by atoms with Crippen LogP contribution in [0.3, 0.4) is 0 Å². The topological polar surface area (TPSA) is 70.4 Å². The fraction of sp³-hybridized carbons (Fsp3) is 0.250. The van der Waals surface area contributed by atoms with E-state index in [0.717, 1.165) is 11.3 Å². The van der Waals surface area contributed by atoms with E-state index in [4.69, 9.17) is 5.73 Å². The average molecular weight is 334 g/mol. The molecule has 2 atom stereocenters. The molecule has 0 bridgehead atoms. The summed E-state index contributed by atoms with van der Waals surface area (Å²) in [7, 11) is 0. The molecule has 2 heterocycles. The van der Waals surface area contributed by atoms with E-state index in [1.165, 1.54) is 11.1 Å². The van der Waals surface area contributed by atoms with Crippen LogP contribution >= 0.6 is 0 Å². The van der Waals surface area contributed by atoms with Gasteiger partial charge in [-0.05, 0) is 16.7 Å². The van der Waals surface area contributed by atoms with Crippen LogP contribution in [0.5, 0.6) is 0 Å². The maximum Gasteiger partial charge on any atom is 0.232 e. The lowest BCUT2D eigenvalue weighted by Gasteiger charge is -2.25. The molecule has 0 aromatic heterocycles. The Balaban J connectivity index is 1.51. The second kappa shape index (κ2) is 6.70. The number of nitrogens with zero attached hydrogens (tertiary/aromatic N) is 1. The fourth-order valence-corrected chi connectivity index (χ4v) is 3.65. The summed E-state index contributed by atoms with van der Waals surface area (Å²) < 4.78 is 0. The summed E-state index contributed by atoms with van der Waals surface area (Å²) in [4.78, 5) is 14.9. The van der Waals surface area contributed by atoms with E-state index in [-0.39, 0.29) is 17.9 Å². The largest absolute Gasteiger partial charge is 0.332 e. The second-order valence-corrected chi connectivity index (χ2v) is 6.51. The number of amides is 1. The van der Waals surface area contributed by atoms with Gasteiger partial charge in [-0.15, -0.1) is 0 Å². The third-order valence-corrected chi connectivity index (χ3v) is 4.99. The highest BCUT2D eigenvalue weighted by Crippen LogP contribution is 2.33. The van der Waals surface area contributed by atoms with Gasteiger partial charge in [0.25, 0.3) is 0 Å². The van der Waals surface area contributed by atoms with Crippen molar-refractivity contribution in [3.8, 4) is 0 Å². The molecule has 0 saturated heterocycles. The van der Waals surface area contributed by atoms with Gasteiger partial charge in [-0.1, -0.05) is 60.7 Å². The number of hydrogen-bond acceptors (Lipinski definition) is 4. The van der Waals surface area contributed by atoms with Gasteiger partial charge in [-0.25, -0.2) is 5.43 Å². The number of carbonyl (C=O) groups excluding carboxylic acids is 1. The summed E-state index contributed by atoms with van der Waals surface area (Å²) >= 11 is 0. The third kappa shape index (κ3) is 2.92. The van der Waals surface area contributed by atoms with Crippen molar-refractivity contribution >= 4 is 5.91 Å². The molecule has 0 saturated carbocycles. The molecule has 4 N–H and O–H groups in total. The van der Waals surface area contributed by atoms with Gasteiger partial charge in [0.2, 0.25) is 5.91 Å². The zero-order valence-electron chi connectivity index (χ0n) is 14.0. The number of nitrogens with two attached hydrogens (primary N) is 1. The molecule has 2 aliphatic rings. The molecule has 0 spiro atoms. The average Bonchev–Trinajstić information content (AvgIpc) is 3.24. The molecule has 25 heavy (non-hydrogen) atoms. The van der Waals surface area contributed by atoms with Gasteiger partial charge < -0.3 is 16.1 Å². The zero-order valence-corrected chi connectivity index (χ0v) is 14.0. The Morgan fingerprint density at radius 1 is 1.08 bits per heavy atom. The Morgan fingerprint density at radius 3 is 2.44 bits per heavy atom. The van der Waals surface area contributed by atoms with Crippen molar-refractivity contribution in [1.82, 2.24) is 15.8 Å². The standard InChI is InChI=1S/C20H22N4O/c21-11-16(14-7-3-1-4-8-14)20(25)24-12-17-18(13-24)22-23-19(17)15-9-5-2-6-10-15/h1-10,16,19,22-23H,11-13,21H2. The lowest BCUT2D eigenvalue weighted by Crippen LogP contribution is -2.41. The molecular formula is C20H22N4O. The van der Waals surface area contributed by atoms with Gasteiger partial charge in [0.05, 0.1) is 18.5 Å². The number of hydrogen-bond donors (Lipinski definition) is 3. The molecule has 2 aliphatic heterocycles. The Bertz CT molecular complexity index is 788. The number of nitrogens with one attached hydrogen (secondary N) is 2. The van der Waals surface area contributed by atoms with E-state index in [1.54, 1.807) is 0 Å². The minimum Gasteiger partial charge on any atom is -0.332 e. The first-order valence-electron chi connectivity index (χ1n) is 8.60. The summed E-state index contributed by atoms with van der Waals surface area (Å²) in [5.41, 5.74) is 17.0. The molecule has 5 heteroatoms. The highest BCUT2D eigenvalue weighted by Gasteiger charge is 2.37. The summed E-state index contributed by atoms with van der Waals surface area (Å²) in [6.07, 6.45) is 0. The van der Waals surface area contributed by atoms with Gasteiger partial charge in [0, 0.05) is 18.8 Å². The van der Waals surface area contributed by atoms with Crippen molar-refractivity contribution in [2.75, 3.05) is 19.6 Å². The van der Waals surface area contributed by atoms with Crippen molar-refractivity contribution < 1.29 is 4.79 Å². The van der Waals surface area contributed by atoms with Crippen LogP contribution in [-0.4, -0.2) is 30.4 Å². The number of benzene rings is 2. The summed E-state index contributed by atoms with van der Waals surface area (Å²) in [5, 5.41) is 0. The minimum atomic E-state index is -0.288. The molecule has 0 radical (unpaired) electrons. The third-order valence-electron chi connectivity index (χ3n) is 4.99. The summed E-state index contributed by atoms with van der Waals surface area (Å²) in [6.45, 7) is 1.56. The predicted molar refractivity (Wildman–Crippen MR) is 97.3 cm³/mol. The minimum absolute atomic E-state index is 0.0942. The van der Waals surface area contributed by atoms with E-state index in [2.05, 4.69) is 23.0 Å². The Hall–Kier alpha value is -2.63. The first-order valence-corrected chi connectivity index (χ1v) is 8.60. The van der Waals surface area contributed by atoms with Crippen LogP contribution in [0.15, 0.2) is 71.9 Å². The lowest BCUT2D eigenvalue weighted by atomic mass is 9.97. The van der Waals surface area contributed by atoms with Gasteiger partial charge in [0.15, 0.2) is 0 Å². The molecule has 0 aliphatic carbocycles. The molecule has 5 nitrogen and oxygen atoms in total. The summed E-state index contributed by atoms with van der Waals surface area (Å²) in [6, 6.07) is 20.2. The van der Waals surface area contributed by atoms with Crippen LogP contribution in [-0.2, 0) is 4.79 Å². The second-order valence-electron chi connectivity index (χ2n) is 6.51. The highest BCUT2D eigenvalue weighted by molar-refractivity contribution is 5.85. The first kappa shape index (κ1) is 15.9. The monoisotopic (exact) mass is 334 g/mol. The quantitative estimate of drug-likeness (QED) is 0.795. The van der Waals surface area contributed by atoms with Crippen LogP contribution in [0.1, 0.15) is 23.1 Å². The van der Waals surface area contributed by atoms with Crippen molar-refractivity contribution in [3.63, 3.8) is 0 Å². The molecule has 1 amide bonds. The number of hydrazine groups is 1. The maximum absolute atomic E-state index is 13.0. The van der Waals surface area contributed by atoms with Crippen LogP contribution in [0.2, 0.25) is 0 Å². The zero-order chi connectivity index (χ0) is 17.2. The molecule has 128 valence electrons. The van der Waals surface area contributed by atoms with Crippen molar-refractivity contribution in [1.29, 1.82) is 0 Å². The molecular weight excluding hydrogens is 312 g/mol. The van der Waals surface area contributed by atoms with Crippen molar-refractivity contribution in [3.05, 3.63) is 83.1 Å². The van der Waals surface area contributed by atoms with Crippen molar-refractivity contribution in [2.24, 2.45) is 5.73 Å². The molecule has 0 fully saturated rings. The first-order chi connectivity index (χ1) is 12.3. The molecule has 2 aromatic carbocycles. The van der Waals surface area contributed by atoms with E-state index >= 15 is 0 Å². The number of rotatable bonds is 4. The van der Waals surface area contributed by atoms with Gasteiger partial charge >= 0.3 is 0 Å². The van der Waals surface area contributed by atoms with Gasteiger partial charge in [0.1, 0.15) is 0 Å². The maximum atomic E-state index is 13.0. The van der Waals surface area contributed by atoms with Gasteiger partial charge in [-0.3, -0.25) is 4.79 Å². The van der Waals surface area contributed by atoms with Crippen LogP contribution in [0.25, 0.3) is 0 Å². The Morgan fingerprint density at radius 2 is 1.76 bits per heavy atom. The van der Waals surface area contributed by atoms with E-state index in [9.17, 15) is 4.79 Å². The Labute approximate surface area is 147 Å². The number of carbonyl (C=O) groups is 1. The van der Waals surface area contributed by atoms with E-state index in [0.29, 0.717) is 19.6 Å². The smallest absolute Gasteiger partial charge is 0.232 e. The highest BCUT2D eigenvalue weighted by atomic mass is 16.2. The SMILES string of the molecule is NCC(C(=O)N1CC2=C(C1)C(c1ccccc1)NN2)c1ccccc1. The van der Waals surface area contributed by atoms with Crippen LogP contribution in [0, 0.1) is 0 Å². The van der Waals surface area contributed by atoms with Crippen molar-refractivity contribution in [2.45, 2.75) is 12.0 Å². The van der Waals surface area contributed by atoms with E-state index < -0.39 is 0 Å². The fourth-order valence-electron chi connectivity index (χ4n) is 3.65. The molecule has 2 unspecified atom stereocenters. The predicted octanol–water partition coefficient (Wildman–Crippen LogP) is 1.67. The normalized spacial score (nSPS) is 20.4. The molecule has 4 rings (SSSR count). The summed E-state index contributed by atoms with van der Waals surface area (Å²) in [5.74, 6) is -0.193. The van der Waals surface area contributed by atoms with E-state index in [1.807, 2.05) is 53.4 Å². The van der Waals surface area contributed by atoms with Gasteiger partial charge in [-0.2, -0.15) is 0 Å². The van der Waals surface area contributed by atoms with Crippen LogP contribution in [0.4, 0.5) is 0 Å². The lowest BCUT2D eigenvalue weighted by molar-refractivity contribution is -0.131. The molecule has 2 aromatic rings.